The summed E-state index contributed by atoms with van der Waals surface area (Å²) < 4.78 is 0. The first-order valence-electron chi connectivity index (χ1n) is 6.46. The molecule has 2 rings (SSSR count). The van der Waals surface area contributed by atoms with Gasteiger partial charge in [-0.05, 0) is 18.4 Å². The number of aliphatic carboxylic acids is 1. The van der Waals surface area contributed by atoms with E-state index in [1.54, 1.807) is 24.3 Å². The molecule has 0 radical (unpaired) electrons. The molecule has 6 heteroatoms. The van der Waals surface area contributed by atoms with Crippen molar-refractivity contribution in [2.45, 2.75) is 12.5 Å². The SMILES string of the molecule is CSCC[C@@H](N=CC1C(=O)c2ccccc2C1=O)C(=O)[O-]. The topological polar surface area (TPSA) is 86.6 Å². The molecule has 0 N–H and O–H groups in total. The summed E-state index contributed by atoms with van der Waals surface area (Å²) >= 11 is 1.50. The van der Waals surface area contributed by atoms with Crippen LogP contribution >= 0.6 is 11.8 Å². The van der Waals surface area contributed by atoms with Crippen LogP contribution in [0.5, 0.6) is 0 Å². The molecule has 0 bridgehead atoms. The van der Waals surface area contributed by atoms with Crippen LogP contribution in [0.25, 0.3) is 0 Å². The number of fused-ring (bicyclic) bond motifs is 1. The van der Waals surface area contributed by atoms with Gasteiger partial charge in [0.05, 0.1) is 12.0 Å². The Labute approximate surface area is 126 Å². The van der Waals surface area contributed by atoms with Crippen molar-refractivity contribution >= 4 is 35.5 Å². The van der Waals surface area contributed by atoms with Gasteiger partial charge in [-0.2, -0.15) is 11.8 Å². The number of carbonyl (C=O) groups is 3. The van der Waals surface area contributed by atoms with Crippen LogP contribution in [0.2, 0.25) is 0 Å². The third kappa shape index (κ3) is 3.21. The van der Waals surface area contributed by atoms with Crippen molar-refractivity contribution in [3.8, 4) is 0 Å². The van der Waals surface area contributed by atoms with Crippen molar-refractivity contribution in [1.29, 1.82) is 0 Å². The molecule has 0 unspecified atom stereocenters. The number of aliphatic imine (C=N–C) groups is 1. The minimum atomic E-state index is -1.30. The van der Waals surface area contributed by atoms with Crippen molar-refractivity contribution in [2.75, 3.05) is 12.0 Å². The largest absolute Gasteiger partial charge is 0.548 e. The molecule has 21 heavy (non-hydrogen) atoms. The molecule has 5 nitrogen and oxygen atoms in total. The molecule has 0 aromatic heterocycles. The maximum absolute atomic E-state index is 12.1. The molecule has 0 fully saturated rings. The molecule has 1 aromatic rings. The first-order valence-corrected chi connectivity index (χ1v) is 7.86. The smallest absolute Gasteiger partial charge is 0.179 e. The summed E-state index contributed by atoms with van der Waals surface area (Å²) in [5.41, 5.74) is 0.737. The minimum absolute atomic E-state index is 0.308. The van der Waals surface area contributed by atoms with Gasteiger partial charge < -0.3 is 9.90 Å². The van der Waals surface area contributed by atoms with E-state index in [0.29, 0.717) is 23.3 Å². The number of hydrogen-bond donors (Lipinski definition) is 0. The Morgan fingerprint density at radius 1 is 1.33 bits per heavy atom. The zero-order valence-corrected chi connectivity index (χ0v) is 12.3. The van der Waals surface area contributed by atoms with Crippen LogP contribution in [0.3, 0.4) is 0 Å². The van der Waals surface area contributed by atoms with Gasteiger partial charge in [-0.25, -0.2) is 0 Å². The molecule has 1 aliphatic rings. The van der Waals surface area contributed by atoms with Crippen LogP contribution in [0.4, 0.5) is 0 Å². The maximum Gasteiger partial charge on any atom is 0.179 e. The number of carboxylic acids is 1. The van der Waals surface area contributed by atoms with Gasteiger partial charge in [0, 0.05) is 17.3 Å². The van der Waals surface area contributed by atoms with Crippen LogP contribution in [0.15, 0.2) is 29.3 Å². The van der Waals surface area contributed by atoms with Gasteiger partial charge in [0.25, 0.3) is 0 Å². The fourth-order valence-corrected chi connectivity index (χ4v) is 2.63. The third-order valence-electron chi connectivity index (χ3n) is 3.31. The van der Waals surface area contributed by atoms with E-state index in [1.165, 1.54) is 11.8 Å². The van der Waals surface area contributed by atoms with E-state index in [0.717, 1.165) is 6.21 Å². The predicted octanol–water partition coefficient (Wildman–Crippen LogP) is 0.624. The lowest BCUT2D eigenvalue weighted by molar-refractivity contribution is -0.307. The zero-order valence-electron chi connectivity index (χ0n) is 11.4. The second-order valence-electron chi connectivity index (χ2n) is 4.67. The van der Waals surface area contributed by atoms with E-state index >= 15 is 0 Å². The Morgan fingerprint density at radius 3 is 2.38 bits per heavy atom. The van der Waals surface area contributed by atoms with Gasteiger partial charge in [0.15, 0.2) is 11.6 Å². The van der Waals surface area contributed by atoms with Gasteiger partial charge in [-0.3, -0.25) is 14.6 Å². The lowest BCUT2D eigenvalue weighted by Crippen LogP contribution is -2.35. The highest BCUT2D eigenvalue weighted by Crippen LogP contribution is 2.25. The van der Waals surface area contributed by atoms with E-state index in [1.807, 2.05) is 6.26 Å². The number of carboxylic acid groups (broad SMARTS) is 1. The van der Waals surface area contributed by atoms with Gasteiger partial charge >= 0.3 is 0 Å². The second-order valence-corrected chi connectivity index (χ2v) is 5.65. The number of nitrogens with zero attached hydrogens (tertiary/aromatic N) is 1. The summed E-state index contributed by atoms with van der Waals surface area (Å²) in [6.45, 7) is 0. The Hall–Kier alpha value is -1.95. The molecule has 0 saturated carbocycles. The van der Waals surface area contributed by atoms with Crippen molar-refractivity contribution in [3.05, 3.63) is 35.4 Å². The fraction of sp³-hybridized carbons (Fsp3) is 0.333. The lowest BCUT2D eigenvalue weighted by Gasteiger charge is -2.13. The first kappa shape index (κ1) is 15.4. The molecule has 110 valence electrons. The van der Waals surface area contributed by atoms with E-state index < -0.39 is 17.9 Å². The number of benzene rings is 1. The normalized spacial score (nSPS) is 16.4. The summed E-state index contributed by atoms with van der Waals surface area (Å²) in [4.78, 5) is 39.1. The first-order chi connectivity index (χ1) is 10.1. The molecule has 1 aliphatic carbocycles. The highest BCUT2D eigenvalue weighted by molar-refractivity contribution is 7.98. The summed E-state index contributed by atoms with van der Waals surface area (Å²) in [5.74, 6) is -2.36. The number of carbonyl (C=O) groups excluding carboxylic acids is 3. The van der Waals surface area contributed by atoms with Gasteiger partial charge in [0.1, 0.15) is 5.92 Å². The maximum atomic E-state index is 12.1. The van der Waals surface area contributed by atoms with Crippen LogP contribution < -0.4 is 5.11 Å². The van der Waals surface area contributed by atoms with Gasteiger partial charge in [-0.1, -0.05) is 24.3 Å². The van der Waals surface area contributed by atoms with Crippen LogP contribution in [0.1, 0.15) is 27.1 Å². The number of Topliss-reactive ketones (excluding diaryl/α,β-unsaturated/α-hetero) is 2. The average molecular weight is 304 g/mol. The fourth-order valence-electron chi connectivity index (χ4n) is 2.18. The summed E-state index contributed by atoms with van der Waals surface area (Å²) in [6, 6.07) is 5.53. The van der Waals surface area contributed by atoms with Crippen molar-refractivity contribution < 1.29 is 19.5 Å². The Bertz CT molecular complexity index is 576. The summed E-state index contributed by atoms with van der Waals surface area (Å²) in [7, 11) is 0. The molecule has 0 aliphatic heterocycles. The average Bonchev–Trinajstić information content (AvgIpc) is 2.72. The molecule has 0 saturated heterocycles. The molecule has 0 heterocycles. The molecule has 1 aromatic carbocycles. The van der Waals surface area contributed by atoms with Crippen molar-refractivity contribution in [3.63, 3.8) is 0 Å². The molecule has 0 amide bonds. The summed E-state index contributed by atoms with van der Waals surface area (Å²) in [6.07, 6.45) is 3.32. The zero-order chi connectivity index (χ0) is 15.4. The Morgan fingerprint density at radius 2 is 1.90 bits per heavy atom. The van der Waals surface area contributed by atoms with Crippen molar-refractivity contribution in [1.82, 2.24) is 0 Å². The molecule has 0 spiro atoms. The standard InChI is InChI=1S/C15H15NO4S/c1-21-7-6-12(15(19)20)16-8-11-13(17)9-4-2-3-5-10(9)14(11)18/h2-5,8,11-12H,6-7H2,1H3,(H,19,20)/p-1/t12-/m1/s1. The van der Waals surface area contributed by atoms with Crippen LogP contribution in [-0.4, -0.2) is 41.8 Å². The summed E-state index contributed by atoms with van der Waals surface area (Å²) in [5, 5.41) is 11.0. The Kier molecular flexibility index (Phi) is 4.90. The van der Waals surface area contributed by atoms with E-state index in [-0.39, 0.29) is 11.6 Å². The van der Waals surface area contributed by atoms with Crippen LogP contribution in [-0.2, 0) is 4.79 Å². The molecular formula is C15H14NO4S-. The third-order valence-corrected chi connectivity index (χ3v) is 3.95. The van der Waals surface area contributed by atoms with E-state index in [4.69, 9.17) is 0 Å². The predicted molar refractivity (Wildman–Crippen MR) is 78.9 cm³/mol. The van der Waals surface area contributed by atoms with Gasteiger partial charge in [-0.15, -0.1) is 0 Å². The number of thioether (sulfide) groups is 1. The number of rotatable bonds is 6. The highest BCUT2D eigenvalue weighted by Gasteiger charge is 2.37. The number of hydrogen-bond acceptors (Lipinski definition) is 6. The monoisotopic (exact) mass is 304 g/mol. The second kappa shape index (κ2) is 6.67. The quantitative estimate of drug-likeness (QED) is 0.568. The molecular weight excluding hydrogens is 290 g/mol. The lowest BCUT2D eigenvalue weighted by atomic mass is 10.1. The number of ketones is 2. The highest BCUT2D eigenvalue weighted by atomic mass is 32.2. The molecule has 1 atom stereocenters. The van der Waals surface area contributed by atoms with E-state index in [9.17, 15) is 19.5 Å². The Balaban J connectivity index is 2.17. The van der Waals surface area contributed by atoms with Crippen LogP contribution in [0, 0.1) is 5.92 Å². The van der Waals surface area contributed by atoms with Crippen molar-refractivity contribution in [2.24, 2.45) is 10.9 Å². The van der Waals surface area contributed by atoms with E-state index in [2.05, 4.69) is 4.99 Å². The minimum Gasteiger partial charge on any atom is -0.548 e. The van der Waals surface area contributed by atoms with Gasteiger partial charge in [0.2, 0.25) is 0 Å².